The van der Waals surface area contributed by atoms with E-state index in [0.29, 0.717) is 12.1 Å². The molecule has 0 radical (unpaired) electrons. The Morgan fingerprint density at radius 2 is 1.95 bits per heavy atom. The number of nitrogens with zero attached hydrogens (tertiary/aromatic N) is 1. The molecule has 0 atom stereocenters. The van der Waals surface area contributed by atoms with Crippen LogP contribution in [0.25, 0.3) is 0 Å². The molecule has 0 saturated heterocycles. The van der Waals surface area contributed by atoms with Crippen LogP contribution in [-0.4, -0.2) is 13.0 Å². The standard InChI is InChI=1S/C15H15BrN2O/c1-18(14-7-3-6-13(16)9-14)15(19)12-5-2-4-11(8-12)10-17/h2-9H,10,17H2,1H3. The average molecular weight is 319 g/mol. The number of benzene rings is 2. The Hall–Kier alpha value is -1.65. The minimum Gasteiger partial charge on any atom is -0.326 e. The van der Waals surface area contributed by atoms with E-state index in [1.165, 1.54) is 0 Å². The van der Waals surface area contributed by atoms with Crippen molar-refractivity contribution in [3.8, 4) is 0 Å². The molecule has 0 aromatic heterocycles. The third kappa shape index (κ3) is 3.22. The van der Waals surface area contributed by atoms with Crippen molar-refractivity contribution in [3.05, 3.63) is 64.1 Å². The molecule has 0 spiro atoms. The lowest BCUT2D eigenvalue weighted by atomic mass is 10.1. The molecule has 2 N–H and O–H groups in total. The zero-order valence-electron chi connectivity index (χ0n) is 10.6. The number of anilines is 1. The van der Waals surface area contributed by atoms with Crippen molar-refractivity contribution in [1.82, 2.24) is 0 Å². The van der Waals surface area contributed by atoms with Gasteiger partial charge in [0.1, 0.15) is 0 Å². The highest BCUT2D eigenvalue weighted by molar-refractivity contribution is 9.10. The van der Waals surface area contributed by atoms with Crippen molar-refractivity contribution < 1.29 is 4.79 Å². The zero-order valence-corrected chi connectivity index (χ0v) is 12.2. The summed E-state index contributed by atoms with van der Waals surface area (Å²) in [6, 6.07) is 15.0. The van der Waals surface area contributed by atoms with Gasteiger partial charge in [0.25, 0.3) is 5.91 Å². The molecule has 0 fully saturated rings. The van der Waals surface area contributed by atoms with Gasteiger partial charge in [-0.2, -0.15) is 0 Å². The topological polar surface area (TPSA) is 46.3 Å². The van der Waals surface area contributed by atoms with Crippen molar-refractivity contribution in [2.24, 2.45) is 5.73 Å². The second-order valence-corrected chi connectivity index (χ2v) is 5.16. The van der Waals surface area contributed by atoms with E-state index in [9.17, 15) is 4.79 Å². The van der Waals surface area contributed by atoms with Crippen LogP contribution in [0, 0.1) is 0 Å². The molecule has 0 unspecified atom stereocenters. The summed E-state index contributed by atoms with van der Waals surface area (Å²) in [6.45, 7) is 0.432. The van der Waals surface area contributed by atoms with Crippen LogP contribution in [0.1, 0.15) is 15.9 Å². The number of halogens is 1. The maximum atomic E-state index is 12.4. The second kappa shape index (κ2) is 5.99. The third-order valence-electron chi connectivity index (χ3n) is 2.91. The van der Waals surface area contributed by atoms with Gasteiger partial charge in [-0.05, 0) is 35.9 Å². The third-order valence-corrected chi connectivity index (χ3v) is 3.40. The number of carbonyl (C=O) groups is 1. The fourth-order valence-corrected chi connectivity index (χ4v) is 2.21. The predicted octanol–water partition coefficient (Wildman–Crippen LogP) is 3.18. The summed E-state index contributed by atoms with van der Waals surface area (Å²) in [7, 11) is 1.76. The van der Waals surface area contributed by atoms with Crippen molar-refractivity contribution in [2.75, 3.05) is 11.9 Å². The molecule has 3 nitrogen and oxygen atoms in total. The van der Waals surface area contributed by atoms with Gasteiger partial charge in [0.2, 0.25) is 0 Å². The van der Waals surface area contributed by atoms with Gasteiger partial charge < -0.3 is 10.6 Å². The summed E-state index contributed by atoms with van der Waals surface area (Å²) >= 11 is 3.40. The first kappa shape index (κ1) is 13.8. The quantitative estimate of drug-likeness (QED) is 0.944. The Bertz CT molecular complexity index is 598. The Balaban J connectivity index is 2.28. The molecule has 0 aliphatic rings. The minimum atomic E-state index is -0.0478. The zero-order chi connectivity index (χ0) is 13.8. The number of nitrogens with two attached hydrogens (primary N) is 1. The first-order valence-electron chi connectivity index (χ1n) is 5.94. The number of hydrogen-bond acceptors (Lipinski definition) is 2. The van der Waals surface area contributed by atoms with E-state index in [4.69, 9.17) is 5.73 Å². The van der Waals surface area contributed by atoms with E-state index in [2.05, 4.69) is 15.9 Å². The fraction of sp³-hybridized carbons (Fsp3) is 0.133. The van der Waals surface area contributed by atoms with E-state index >= 15 is 0 Å². The van der Waals surface area contributed by atoms with Gasteiger partial charge in [0.05, 0.1) is 0 Å². The van der Waals surface area contributed by atoms with Crippen molar-refractivity contribution in [1.29, 1.82) is 0 Å². The summed E-state index contributed by atoms with van der Waals surface area (Å²) in [5, 5.41) is 0. The van der Waals surface area contributed by atoms with E-state index in [1.54, 1.807) is 18.0 Å². The second-order valence-electron chi connectivity index (χ2n) is 4.25. The summed E-state index contributed by atoms with van der Waals surface area (Å²) in [5.74, 6) is -0.0478. The van der Waals surface area contributed by atoms with Gasteiger partial charge in [0.15, 0.2) is 0 Å². The molecule has 0 heterocycles. The predicted molar refractivity (Wildman–Crippen MR) is 81.2 cm³/mol. The Morgan fingerprint density at radius 1 is 1.21 bits per heavy atom. The molecule has 4 heteroatoms. The maximum absolute atomic E-state index is 12.4. The van der Waals surface area contributed by atoms with E-state index in [0.717, 1.165) is 15.7 Å². The molecule has 19 heavy (non-hydrogen) atoms. The van der Waals surface area contributed by atoms with Crippen LogP contribution < -0.4 is 10.6 Å². The molecule has 2 aromatic rings. The lowest BCUT2D eigenvalue weighted by molar-refractivity contribution is 0.0993. The van der Waals surface area contributed by atoms with Crippen molar-refractivity contribution in [2.45, 2.75) is 6.54 Å². The largest absolute Gasteiger partial charge is 0.326 e. The van der Waals surface area contributed by atoms with E-state index in [-0.39, 0.29) is 5.91 Å². The SMILES string of the molecule is CN(C(=O)c1cccc(CN)c1)c1cccc(Br)c1. The summed E-state index contributed by atoms with van der Waals surface area (Å²) in [4.78, 5) is 14.0. The molecule has 98 valence electrons. The van der Waals surface area contributed by atoms with Gasteiger partial charge in [-0.25, -0.2) is 0 Å². The first-order chi connectivity index (χ1) is 9.11. The number of carbonyl (C=O) groups excluding carboxylic acids is 1. The normalized spacial score (nSPS) is 10.3. The van der Waals surface area contributed by atoms with Crippen LogP contribution >= 0.6 is 15.9 Å². The van der Waals surface area contributed by atoms with Crippen LogP contribution in [-0.2, 0) is 6.54 Å². The number of hydrogen-bond donors (Lipinski definition) is 1. The van der Waals surface area contributed by atoms with Crippen LogP contribution in [0.15, 0.2) is 53.0 Å². The molecule has 2 aromatic carbocycles. The monoisotopic (exact) mass is 318 g/mol. The van der Waals surface area contributed by atoms with Gasteiger partial charge in [-0.15, -0.1) is 0 Å². The van der Waals surface area contributed by atoms with E-state index in [1.807, 2.05) is 42.5 Å². The molecule has 0 aliphatic carbocycles. The summed E-state index contributed by atoms with van der Waals surface area (Å²) < 4.78 is 0.945. The lowest BCUT2D eigenvalue weighted by Crippen LogP contribution is -2.26. The molecule has 2 rings (SSSR count). The summed E-state index contributed by atoms with van der Waals surface area (Å²) in [5.41, 5.74) is 8.04. The smallest absolute Gasteiger partial charge is 0.258 e. The van der Waals surface area contributed by atoms with Crippen LogP contribution in [0.2, 0.25) is 0 Å². The Labute approximate surface area is 121 Å². The molecule has 0 bridgehead atoms. The van der Waals surface area contributed by atoms with Crippen LogP contribution in [0.4, 0.5) is 5.69 Å². The molecule has 0 saturated carbocycles. The van der Waals surface area contributed by atoms with Gasteiger partial charge in [-0.1, -0.05) is 34.1 Å². The van der Waals surface area contributed by atoms with Crippen LogP contribution in [0.5, 0.6) is 0 Å². The van der Waals surface area contributed by atoms with E-state index < -0.39 is 0 Å². The highest BCUT2D eigenvalue weighted by atomic mass is 79.9. The molecular weight excluding hydrogens is 304 g/mol. The first-order valence-corrected chi connectivity index (χ1v) is 6.74. The highest BCUT2D eigenvalue weighted by Gasteiger charge is 2.13. The Morgan fingerprint density at radius 3 is 2.63 bits per heavy atom. The highest BCUT2D eigenvalue weighted by Crippen LogP contribution is 2.20. The van der Waals surface area contributed by atoms with Gasteiger partial charge in [-0.3, -0.25) is 4.79 Å². The molecular formula is C15H15BrN2O. The van der Waals surface area contributed by atoms with Crippen LogP contribution in [0.3, 0.4) is 0 Å². The fourth-order valence-electron chi connectivity index (χ4n) is 1.83. The molecule has 1 amide bonds. The summed E-state index contributed by atoms with van der Waals surface area (Å²) in [6.07, 6.45) is 0. The minimum absolute atomic E-state index is 0.0478. The number of amides is 1. The van der Waals surface area contributed by atoms with Crippen molar-refractivity contribution >= 4 is 27.5 Å². The van der Waals surface area contributed by atoms with Crippen molar-refractivity contribution in [3.63, 3.8) is 0 Å². The average Bonchev–Trinajstić information content (AvgIpc) is 2.45. The van der Waals surface area contributed by atoms with Gasteiger partial charge >= 0.3 is 0 Å². The Kier molecular flexibility index (Phi) is 4.35. The number of rotatable bonds is 3. The van der Waals surface area contributed by atoms with Gasteiger partial charge in [0, 0.05) is 29.3 Å². The lowest BCUT2D eigenvalue weighted by Gasteiger charge is -2.18. The maximum Gasteiger partial charge on any atom is 0.258 e. The molecule has 0 aliphatic heterocycles.